The standard InChI is InChI=1S/C18H24N2O3S/c1-4-24(22,23)13-14(2)20(3)18(21)19-12-16-10-7-9-15-8-5-6-11-17(15)16/h5-11,14H,4,12-13H2,1-3H3,(H,19,21)/t14-/m0/s1. The molecule has 1 atom stereocenters. The van der Waals surface area contributed by atoms with E-state index >= 15 is 0 Å². The number of carbonyl (C=O) groups excluding carboxylic acids is 1. The Kier molecular flexibility index (Phi) is 5.83. The van der Waals surface area contributed by atoms with E-state index in [1.165, 1.54) is 4.90 Å². The van der Waals surface area contributed by atoms with E-state index in [1.807, 2.05) is 42.5 Å². The molecule has 130 valence electrons. The Balaban J connectivity index is 2.02. The number of hydrogen-bond acceptors (Lipinski definition) is 3. The van der Waals surface area contributed by atoms with Crippen LogP contribution in [0.15, 0.2) is 42.5 Å². The fourth-order valence-electron chi connectivity index (χ4n) is 2.54. The molecule has 24 heavy (non-hydrogen) atoms. The van der Waals surface area contributed by atoms with E-state index in [-0.39, 0.29) is 23.6 Å². The lowest BCUT2D eigenvalue weighted by atomic mass is 10.0. The van der Waals surface area contributed by atoms with Crippen LogP contribution in [0.25, 0.3) is 10.8 Å². The van der Waals surface area contributed by atoms with Crippen LogP contribution in [0, 0.1) is 0 Å². The van der Waals surface area contributed by atoms with Crippen LogP contribution in [0.3, 0.4) is 0 Å². The minimum Gasteiger partial charge on any atom is -0.334 e. The van der Waals surface area contributed by atoms with Gasteiger partial charge < -0.3 is 10.2 Å². The van der Waals surface area contributed by atoms with Crippen molar-refractivity contribution < 1.29 is 13.2 Å². The first kappa shape index (κ1) is 18.3. The normalized spacial score (nSPS) is 12.8. The van der Waals surface area contributed by atoms with Crippen molar-refractivity contribution in [3.63, 3.8) is 0 Å². The highest BCUT2D eigenvalue weighted by atomic mass is 32.2. The molecule has 0 aromatic heterocycles. The van der Waals surface area contributed by atoms with Gasteiger partial charge in [-0.05, 0) is 23.3 Å². The Hall–Kier alpha value is -2.08. The van der Waals surface area contributed by atoms with Gasteiger partial charge in [-0.2, -0.15) is 0 Å². The van der Waals surface area contributed by atoms with Crippen LogP contribution in [0.5, 0.6) is 0 Å². The molecule has 0 spiro atoms. The first-order chi connectivity index (χ1) is 11.3. The Labute approximate surface area is 143 Å². The van der Waals surface area contributed by atoms with Crippen molar-refractivity contribution in [3.8, 4) is 0 Å². The predicted molar refractivity (Wildman–Crippen MR) is 97.7 cm³/mol. The maximum atomic E-state index is 12.3. The van der Waals surface area contributed by atoms with E-state index in [0.29, 0.717) is 6.54 Å². The van der Waals surface area contributed by atoms with Crippen molar-refractivity contribution in [1.29, 1.82) is 0 Å². The molecule has 2 rings (SSSR count). The molecule has 0 fully saturated rings. The summed E-state index contributed by atoms with van der Waals surface area (Å²) in [5, 5.41) is 5.09. The van der Waals surface area contributed by atoms with Gasteiger partial charge >= 0.3 is 6.03 Å². The number of amides is 2. The molecule has 5 nitrogen and oxygen atoms in total. The lowest BCUT2D eigenvalue weighted by Crippen LogP contribution is -2.45. The average Bonchev–Trinajstić information content (AvgIpc) is 2.58. The molecule has 2 aromatic rings. The highest BCUT2D eigenvalue weighted by molar-refractivity contribution is 7.91. The Morgan fingerprint density at radius 3 is 2.54 bits per heavy atom. The molecule has 0 unspecified atom stereocenters. The quantitative estimate of drug-likeness (QED) is 0.873. The number of nitrogens with zero attached hydrogens (tertiary/aromatic N) is 1. The second-order valence-electron chi connectivity index (χ2n) is 5.96. The Morgan fingerprint density at radius 2 is 1.83 bits per heavy atom. The second-order valence-corrected chi connectivity index (χ2v) is 8.35. The summed E-state index contributed by atoms with van der Waals surface area (Å²) in [6, 6.07) is 13.3. The Bertz CT molecular complexity index is 813. The summed E-state index contributed by atoms with van der Waals surface area (Å²) in [5.41, 5.74) is 1.03. The minimum atomic E-state index is -3.11. The topological polar surface area (TPSA) is 66.5 Å². The highest BCUT2D eigenvalue weighted by Gasteiger charge is 2.21. The molecule has 2 amide bonds. The smallest absolute Gasteiger partial charge is 0.317 e. The van der Waals surface area contributed by atoms with Crippen LogP contribution in [-0.2, 0) is 16.4 Å². The van der Waals surface area contributed by atoms with E-state index in [0.717, 1.165) is 16.3 Å². The summed E-state index contributed by atoms with van der Waals surface area (Å²) in [6.07, 6.45) is 0. The van der Waals surface area contributed by atoms with Gasteiger partial charge in [-0.1, -0.05) is 49.4 Å². The molecule has 0 aliphatic carbocycles. The summed E-state index contributed by atoms with van der Waals surface area (Å²) in [6.45, 7) is 3.76. The lowest BCUT2D eigenvalue weighted by Gasteiger charge is -2.25. The number of nitrogens with one attached hydrogen (secondary N) is 1. The SMILES string of the molecule is CCS(=O)(=O)C[C@H](C)N(C)C(=O)NCc1cccc2ccccc12. The van der Waals surface area contributed by atoms with Crippen LogP contribution < -0.4 is 5.32 Å². The van der Waals surface area contributed by atoms with Crippen LogP contribution >= 0.6 is 0 Å². The lowest BCUT2D eigenvalue weighted by molar-refractivity contribution is 0.197. The molecule has 0 radical (unpaired) electrons. The maximum absolute atomic E-state index is 12.3. The van der Waals surface area contributed by atoms with Crippen molar-refractivity contribution in [1.82, 2.24) is 10.2 Å². The molecule has 0 saturated carbocycles. The highest BCUT2D eigenvalue weighted by Crippen LogP contribution is 2.18. The Morgan fingerprint density at radius 1 is 1.17 bits per heavy atom. The number of fused-ring (bicyclic) bond motifs is 1. The molecule has 6 heteroatoms. The average molecular weight is 348 g/mol. The summed E-state index contributed by atoms with van der Waals surface area (Å²) in [5.74, 6) is 0.0600. The van der Waals surface area contributed by atoms with E-state index in [2.05, 4.69) is 5.32 Å². The fourth-order valence-corrected chi connectivity index (χ4v) is 3.73. The molecule has 0 aliphatic heterocycles. The third-order valence-electron chi connectivity index (χ3n) is 4.23. The zero-order valence-corrected chi connectivity index (χ0v) is 15.1. The van der Waals surface area contributed by atoms with Crippen molar-refractivity contribution >= 4 is 26.6 Å². The van der Waals surface area contributed by atoms with E-state index in [1.54, 1.807) is 20.9 Å². The third kappa shape index (κ3) is 4.47. The van der Waals surface area contributed by atoms with E-state index in [9.17, 15) is 13.2 Å². The van der Waals surface area contributed by atoms with Crippen LogP contribution in [0.4, 0.5) is 4.79 Å². The molecule has 1 N–H and O–H groups in total. The monoisotopic (exact) mass is 348 g/mol. The van der Waals surface area contributed by atoms with Crippen molar-refractivity contribution in [3.05, 3.63) is 48.0 Å². The largest absolute Gasteiger partial charge is 0.334 e. The van der Waals surface area contributed by atoms with Crippen LogP contribution in [0.2, 0.25) is 0 Å². The number of carbonyl (C=O) groups is 1. The summed E-state index contributed by atoms with van der Waals surface area (Å²) >= 11 is 0. The van der Waals surface area contributed by atoms with Crippen LogP contribution in [0.1, 0.15) is 19.4 Å². The van der Waals surface area contributed by atoms with Gasteiger partial charge in [0, 0.05) is 25.4 Å². The number of benzene rings is 2. The maximum Gasteiger partial charge on any atom is 0.317 e. The van der Waals surface area contributed by atoms with Gasteiger partial charge in [0.25, 0.3) is 0 Å². The molecular weight excluding hydrogens is 324 g/mol. The zero-order chi connectivity index (χ0) is 17.7. The molecule has 2 aromatic carbocycles. The number of urea groups is 1. The predicted octanol–water partition coefficient (Wildman–Crippen LogP) is 2.80. The summed E-state index contributed by atoms with van der Waals surface area (Å²) < 4.78 is 23.4. The summed E-state index contributed by atoms with van der Waals surface area (Å²) in [7, 11) is -1.50. The zero-order valence-electron chi connectivity index (χ0n) is 14.3. The molecule has 0 heterocycles. The first-order valence-electron chi connectivity index (χ1n) is 8.02. The van der Waals surface area contributed by atoms with Gasteiger partial charge in [0.2, 0.25) is 0 Å². The second kappa shape index (κ2) is 7.66. The van der Waals surface area contributed by atoms with E-state index < -0.39 is 9.84 Å². The molecule has 0 saturated heterocycles. The fraction of sp³-hybridized carbons (Fsp3) is 0.389. The minimum absolute atomic E-state index is 0.0261. The third-order valence-corrected chi connectivity index (χ3v) is 6.10. The van der Waals surface area contributed by atoms with Crippen molar-refractivity contribution in [2.45, 2.75) is 26.4 Å². The molecule has 0 bridgehead atoms. The van der Waals surface area contributed by atoms with Gasteiger partial charge in [-0.15, -0.1) is 0 Å². The first-order valence-corrected chi connectivity index (χ1v) is 9.84. The van der Waals surface area contributed by atoms with Crippen molar-refractivity contribution in [2.24, 2.45) is 0 Å². The van der Waals surface area contributed by atoms with Crippen molar-refractivity contribution in [2.75, 3.05) is 18.6 Å². The van der Waals surface area contributed by atoms with Gasteiger partial charge in [-0.25, -0.2) is 13.2 Å². The van der Waals surface area contributed by atoms with Gasteiger partial charge in [0.15, 0.2) is 9.84 Å². The summed E-state index contributed by atoms with van der Waals surface area (Å²) in [4.78, 5) is 13.7. The number of rotatable bonds is 6. The van der Waals surface area contributed by atoms with Gasteiger partial charge in [0.05, 0.1) is 5.75 Å². The number of hydrogen-bond donors (Lipinski definition) is 1. The van der Waals surface area contributed by atoms with Gasteiger partial charge in [0.1, 0.15) is 0 Å². The molecular formula is C18H24N2O3S. The molecule has 0 aliphatic rings. The number of sulfone groups is 1. The van der Waals surface area contributed by atoms with Gasteiger partial charge in [-0.3, -0.25) is 0 Å². The van der Waals surface area contributed by atoms with E-state index in [4.69, 9.17) is 0 Å². The van der Waals surface area contributed by atoms with Crippen LogP contribution in [-0.4, -0.2) is 43.9 Å².